The predicted octanol–water partition coefficient (Wildman–Crippen LogP) is 3.83. The second-order valence-corrected chi connectivity index (χ2v) is 6.66. The van der Waals surface area contributed by atoms with E-state index in [0.29, 0.717) is 18.7 Å². The average molecular weight is 352 g/mol. The van der Waals surface area contributed by atoms with E-state index >= 15 is 0 Å². The van der Waals surface area contributed by atoms with Crippen LogP contribution in [-0.2, 0) is 4.74 Å². The van der Waals surface area contributed by atoms with Gasteiger partial charge in [-0.25, -0.2) is 0 Å². The van der Waals surface area contributed by atoms with Crippen LogP contribution in [0.1, 0.15) is 41.9 Å². The average Bonchev–Trinajstić information content (AvgIpc) is 3.18. The summed E-state index contributed by atoms with van der Waals surface area (Å²) < 4.78 is 11.6. The third-order valence-corrected chi connectivity index (χ3v) is 4.96. The van der Waals surface area contributed by atoms with Crippen LogP contribution >= 0.6 is 0 Å². The molecule has 0 bridgehead atoms. The van der Waals surface area contributed by atoms with E-state index in [1.165, 1.54) is 0 Å². The molecule has 2 heterocycles. The Morgan fingerprint density at radius 2 is 2.00 bits per heavy atom. The van der Waals surface area contributed by atoms with E-state index in [9.17, 15) is 4.79 Å². The molecule has 4 rings (SSSR count). The normalized spacial score (nSPS) is 22.0. The quantitative estimate of drug-likeness (QED) is 0.888. The zero-order valence-electron chi connectivity index (χ0n) is 15.0. The summed E-state index contributed by atoms with van der Waals surface area (Å²) in [5.41, 5.74) is 2.53. The Hall–Kier alpha value is -2.53. The first-order valence-electron chi connectivity index (χ1n) is 9.27. The van der Waals surface area contributed by atoms with Crippen molar-refractivity contribution < 1.29 is 14.3 Å². The minimum atomic E-state index is -0.274. The van der Waals surface area contributed by atoms with Gasteiger partial charge in [-0.1, -0.05) is 30.3 Å². The van der Waals surface area contributed by atoms with Gasteiger partial charge in [-0.3, -0.25) is 4.79 Å². The number of hydrogen-bond acceptors (Lipinski definition) is 4. The number of nitrogens with one attached hydrogen (secondary N) is 1. The van der Waals surface area contributed by atoms with Gasteiger partial charge in [0.05, 0.1) is 18.3 Å². The zero-order valence-corrected chi connectivity index (χ0v) is 15.0. The van der Waals surface area contributed by atoms with Crippen molar-refractivity contribution in [2.75, 3.05) is 25.1 Å². The highest BCUT2D eigenvalue weighted by atomic mass is 16.5. The standard InChI is InChI=1S/C21H24N2O3/c1-2-25-19-12-6-4-10-17(19)20-22-18-11-5-3-9-16(18)21(24)23(20)14-15-8-7-13-26-15/h3-6,9-12,15,20,22H,2,7-8,13-14H2,1H3/t15-,20+/m1/s1. The van der Waals surface area contributed by atoms with Crippen molar-refractivity contribution in [3.63, 3.8) is 0 Å². The van der Waals surface area contributed by atoms with Gasteiger partial charge in [0.2, 0.25) is 0 Å². The fraction of sp³-hybridized carbons (Fsp3) is 0.381. The molecule has 2 aromatic carbocycles. The van der Waals surface area contributed by atoms with Gasteiger partial charge in [0, 0.05) is 24.4 Å². The molecule has 5 nitrogen and oxygen atoms in total. The lowest BCUT2D eigenvalue weighted by molar-refractivity contribution is 0.0424. The molecule has 0 unspecified atom stereocenters. The van der Waals surface area contributed by atoms with Crippen LogP contribution in [0.3, 0.4) is 0 Å². The van der Waals surface area contributed by atoms with E-state index in [4.69, 9.17) is 9.47 Å². The SMILES string of the molecule is CCOc1ccccc1[C@H]1Nc2ccccc2C(=O)N1C[C@H]1CCCO1. The number of anilines is 1. The van der Waals surface area contributed by atoms with Crippen molar-refractivity contribution in [3.8, 4) is 5.75 Å². The van der Waals surface area contributed by atoms with E-state index in [0.717, 1.165) is 36.4 Å². The number of nitrogens with zero attached hydrogens (tertiary/aromatic N) is 1. The number of hydrogen-bond donors (Lipinski definition) is 1. The molecular formula is C21H24N2O3. The second-order valence-electron chi connectivity index (χ2n) is 6.66. The van der Waals surface area contributed by atoms with Gasteiger partial charge in [0.15, 0.2) is 0 Å². The fourth-order valence-electron chi connectivity index (χ4n) is 3.73. The van der Waals surface area contributed by atoms with Gasteiger partial charge in [0.25, 0.3) is 5.91 Å². The smallest absolute Gasteiger partial charge is 0.257 e. The van der Waals surface area contributed by atoms with Crippen LogP contribution in [0.25, 0.3) is 0 Å². The van der Waals surface area contributed by atoms with Crippen LogP contribution in [-0.4, -0.2) is 36.7 Å². The molecule has 2 aromatic rings. The summed E-state index contributed by atoms with van der Waals surface area (Å²) in [6.45, 7) is 3.90. The van der Waals surface area contributed by atoms with Crippen molar-refractivity contribution in [2.45, 2.75) is 32.0 Å². The van der Waals surface area contributed by atoms with E-state index in [2.05, 4.69) is 5.32 Å². The van der Waals surface area contributed by atoms with Crippen molar-refractivity contribution in [1.29, 1.82) is 0 Å². The number of fused-ring (bicyclic) bond motifs is 1. The third-order valence-electron chi connectivity index (χ3n) is 4.96. The number of benzene rings is 2. The lowest BCUT2D eigenvalue weighted by atomic mass is 10.0. The molecule has 1 fully saturated rings. The number of rotatable bonds is 5. The Morgan fingerprint density at radius 1 is 1.19 bits per heavy atom. The highest BCUT2D eigenvalue weighted by Crippen LogP contribution is 2.37. The van der Waals surface area contributed by atoms with Gasteiger partial charge < -0.3 is 19.7 Å². The summed E-state index contributed by atoms with van der Waals surface area (Å²) in [4.78, 5) is 15.1. The summed E-state index contributed by atoms with van der Waals surface area (Å²) >= 11 is 0. The third kappa shape index (κ3) is 3.15. The lowest BCUT2D eigenvalue weighted by Gasteiger charge is -2.39. The van der Waals surface area contributed by atoms with E-state index in [1.54, 1.807) is 0 Å². The maximum Gasteiger partial charge on any atom is 0.257 e. The Balaban J connectivity index is 1.73. The molecule has 5 heteroatoms. The number of ether oxygens (including phenoxy) is 2. The van der Waals surface area contributed by atoms with Gasteiger partial charge in [-0.2, -0.15) is 0 Å². The molecule has 2 atom stereocenters. The fourth-order valence-corrected chi connectivity index (χ4v) is 3.73. The van der Waals surface area contributed by atoms with Crippen LogP contribution in [0.2, 0.25) is 0 Å². The van der Waals surface area contributed by atoms with Gasteiger partial charge in [0.1, 0.15) is 11.9 Å². The molecular weight excluding hydrogens is 328 g/mol. The van der Waals surface area contributed by atoms with Crippen LogP contribution in [0.5, 0.6) is 5.75 Å². The number of para-hydroxylation sites is 2. The minimum Gasteiger partial charge on any atom is -0.493 e. The highest BCUT2D eigenvalue weighted by molar-refractivity contribution is 6.01. The molecule has 136 valence electrons. The molecule has 1 N–H and O–H groups in total. The van der Waals surface area contributed by atoms with Gasteiger partial charge in [-0.15, -0.1) is 0 Å². The molecule has 0 radical (unpaired) electrons. The summed E-state index contributed by atoms with van der Waals surface area (Å²) in [6.07, 6.45) is 1.86. The molecule has 0 spiro atoms. The zero-order chi connectivity index (χ0) is 17.9. The van der Waals surface area contributed by atoms with Crippen LogP contribution < -0.4 is 10.1 Å². The topological polar surface area (TPSA) is 50.8 Å². The monoisotopic (exact) mass is 352 g/mol. The summed E-state index contributed by atoms with van der Waals surface area (Å²) in [5.74, 6) is 0.836. The van der Waals surface area contributed by atoms with Gasteiger partial charge >= 0.3 is 0 Å². The number of carbonyl (C=O) groups is 1. The molecule has 1 amide bonds. The maximum absolute atomic E-state index is 13.2. The molecule has 0 saturated carbocycles. The largest absolute Gasteiger partial charge is 0.493 e. The maximum atomic E-state index is 13.2. The first-order chi connectivity index (χ1) is 12.8. The first-order valence-corrected chi connectivity index (χ1v) is 9.27. The molecule has 0 aliphatic carbocycles. The molecule has 1 saturated heterocycles. The second kappa shape index (κ2) is 7.38. The Bertz CT molecular complexity index is 786. The summed E-state index contributed by atoms with van der Waals surface area (Å²) in [6, 6.07) is 15.6. The number of carbonyl (C=O) groups excluding carboxylic acids is 1. The van der Waals surface area contributed by atoms with E-state index in [-0.39, 0.29) is 18.2 Å². The highest BCUT2D eigenvalue weighted by Gasteiger charge is 2.36. The van der Waals surface area contributed by atoms with Crippen LogP contribution in [0, 0.1) is 0 Å². The van der Waals surface area contributed by atoms with Crippen LogP contribution in [0.15, 0.2) is 48.5 Å². The Kier molecular flexibility index (Phi) is 4.80. The Labute approximate surface area is 153 Å². The van der Waals surface area contributed by atoms with Crippen molar-refractivity contribution >= 4 is 11.6 Å². The molecule has 0 aromatic heterocycles. The Morgan fingerprint density at radius 3 is 2.81 bits per heavy atom. The minimum absolute atomic E-state index is 0.0335. The summed E-state index contributed by atoms with van der Waals surface area (Å²) in [7, 11) is 0. The number of amides is 1. The first kappa shape index (κ1) is 16.9. The van der Waals surface area contributed by atoms with Crippen molar-refractivity contribution in [1.82, 2.24) is 4.90 Å². The summed E-state index contributed by atoms with van der Waals surface area (Å²) in [5, 5.41) is 3.54. The van der Waals surface area contributed by atoms with Crippen LogP contribution in [0.4, 0.5) is 5.69 Å². The molecule has 2 aliphatic heterocycles. The predicted molar refractivity (Wildman–Crippen MR) is 100 cm³/mol. The lowest BCUT2D eigenvalue weighted by Crippen LogP contribution is -2.46. The molecule has 26 heavy (non-hydrogen) atoms. The van der Waals surface area contributed by atoms with E-state index in [1.807, 2.05) is 60.4 Å². The van der Waals surface area contributed by atoms with Crippen molar-refractivity contribution in [3.05, 3.63) is 59.7 Å². The molecule has 2 aliphatic rings. The van der Waals surface area contributed by atoms with Gasteiger partial charge in [-0.05, 0) is 38.0 Å². The van der Waals surface area contributed by atoms with E-state index < -0.39 is 0 Å². The van der Waals surface area contributed by atoms with Crippen molar-refractivity contribution in [2.24, 2.45) is 0 Å².